The van der Waals surface area contributed by atoms with Gasteiger partial charge in [0, 0.05) is 19.2 Å². The van der Waals surface area contributed by atoms with E-state index in [1.165, 1.54) is 6.07 Å². The molecule has 0 fully saturated rings. The van der Waals surface area contributed by atoms with Crippen molar-refractivity contribution in [1.29, 1.82) is 0 Å². The van der Waals surface area contributed by atoms with Gasteiger partial charge in [0.05, 0.1) is 5.56 Å². The van der Waals surface area contributed by atoms with Crippen LogP contribution in [0.25, 0.3) is 0 Å². The van der Waals surface area contributed by atoms with Gasteiger partial charge in [-0.3, -0.25) is 0 Å². The molecule has 1 atom stereocenters. The van der Waals surface area contributed by atoms with Crippen LogP contribution in [-0.4, -0.2) is 17.8 Å². The zero-order valence-electron chi connectivity index (χ0n) is 10.3. The summed E-state index contributed by atoms with van der Waals surface area (Å²) in [5.41, 5.74) is -0.0294. The van der Waals surface area contributed by atoms with Crippen LogP contribution in [0.3, 0.4) is 0 Å². The average molecular weight is 261 g/mol. The Morgan fingerprint density at radius 2 is 2.06 bits per heavy atom. The molecule has 5 heteroatoms. The number of aliphatic hydroxyl groups excluding tert-OH is 1. The number of hydrogen-bond acceptors (Lipinski definition) is 2. The highest BCUT2D eigenvalue weighted by Gasteiger charge is 2.30. The topological polar surface area (TPSA) is 32.3 Å². The Morgan fingerprint density at radius 1 is 1.33 bits per heavy atom. The number of aliphatic hydroxyl groups is 1. The van der Waals surface area contributed by atoms with E-state index in [9.17, 15) is 13.2 Å². The largest absolute Gasteiger partial charge is 0.416 e. The van der Waals surface area contributed by atoms with Crippen molar-refractivity contribution >= 4 is 0 Å². The molecule has 0 aromatic heterocycles. The summed E-state index contributed by atoms with van der Waals surface area (Å²) < 4.78 is 37.5. The van der Waals surface area contributed by atoms with Crippen LogP contribution in [0.5, 0.6) is 0 Å². The van der Waals surface area contributed by atoms with Crippen LogP contribution in [0.2, 0.25) is 0 Å². The number of rotatable bonds is 6. The molecule has 1 aromatic rings. The van der Waals surface area contributed by atoms with E-state index in [0.717, 1.165) is 18.6 Å². The minimum absolute atomic E-state index is 0.0775. The Balaban J connectivity index is 2.62. The van der Waals surface area contributed by atoms with Crippen molar-refractivity contribution in [3.63, 3.8) is 0 Å². The second-order valence-electron chi connectivity index (χ2n) is 4.20. The zero-order valence-corrected chi connectivity index (χ0v) is 10.3. The Bertz CT molecular complexity index is 365. The van der Waals surface area contributed by atoms with Gasteiger partial charge in [-0.25, -0.2) is 0 Å². The number of benzene rings is 1. The standard InChI is InChI=1S/C13H18F3NO/c1-2-12(6-7-18)17-9-10-4-3-5-11(8-10)13(14,15)16/h3-5,8,12,17-18H,2,6-7,9H2,1H3. The highest BCUT2D eigenvalue weighted by atomic mass is 19.4. The summed E-state index contributed by atoms with van der Waals surface area (Å²) in [5.74, 6) is 0. The number of halogens is 3. The zero-order chi connectivity index (χ0) is 13.6. The van der Waals surface area contributed by atoms with E-state index >= 15 is 0 Å². The number of hydrogen-bond donors (Lipinski definition) is 2. The maximum absolute atomic E-state index is 12.5. The Morgan fingerprint density at radius 3 is 2.61 bits per heavy atom. The normalized spacial score (nSPS) is 13.6. The minimum Gasteiger partial charge on any atom is -0.396 e. The maximum atomic E-state index is 12.5. The van der Waals surface area contributed by atoms with E-state index in [0.29, 0.717) is 18.5 Å². The first-order chi connectivity index (χ1) is 8.47. The highest BCUT2D eigenvalue weighted by molar-refractivity contribution is 5.25. The summed E-state index contributed by atoms with van der Waals surface area (Å²) in [6.45, 7) is 2.43. The molecule has 0 aliphatic heterocycles. The summed E-state index contributed by atoms with van der Waals surface area (Å²) in [6.07, 6.45) is -2.86. The molecule has 2 N–H and O–H groups in total. The van der Waals surface area contributed by atoms with Crippen LogP contribution in [0.1, 0.15) is 30.9 Å². The molecule has 0 amide bonds. The van der Waals surface area contributed by atoms with Crippen LogP contribution in [0.4, 0.5) is 13.2 Å². The van der Waals surface area contributed by atoms with E-state index in [-0.39, 0.29) is 12.6 Å². The van der Waals surface area contributed by atoms with E-state index in [1.807, 2.05) is 6.92 Å². The highest BCUT2D eigenvalue weighted by Crippen LogP contribution is 2.29. The average Bonchev–Trinajstić information content (AvgIpc) is 2.34. The molecule has 0 aliphatic carbocycles. The molecule has 1 rings (SSSR count). The molecule has 1 aromatic carbocycles. The Labute approximate surface area is 105 Å². The fourth-order valence-electron chi connectivity index (χ4n) is 1.73. The summed E-state index contributed by atoms with van der Waals surface area (Å²) in [6, 6.07) is 5.41. The lowest BCUT2D eigenvalue weighted by Crippen LogP contribution is -2.28. The lowest BCUT2D eigenvalue weighted by atomic mass is 10.1. The molecule has 1 unspecified atom stereocenters. The van der Waals surface area contributed by atoms with Gasteiger partial charge in [0.1, 0.15) is 0 Å². The third kappa shape index (κ3) is 4.66. The van der Waals surface area contributed by atoms with Crippen LogP contribution < -0.4 is 5.32 Å². The van der Waals surface area contributed by atoms with Crippen LogP contribution in [0, 0.1) is 0 Å². The van der Waals surface area contributed by atoms with Crippen molar-refractivity contribution < 1.29 is 18.3 Å². The molecule has 18 heavy (non-hydrogen) atoms. The van der Waals surface area contributed by atoms with Crippen LogP contribution in [0.15, 0.2) is 24.3 Å². The molecule has 0 aliphatic rings. The molecule has 0 saturated heterocycles. The second-order valence-corrected chi connectivity index (χ2v) is 4.20. The number of nitrogens with one attached hydrogen (secondary N) is 1. The molecular weight excluding hydrogens is 243 g/mol. The van der Waals surface area contributed by atoms with Crippen molar-refractivity contribution in [1.82, 2.24) is 5.32 Å². The fourth-order valence-corrected chi connectivity index (χ4v) is 1.73. The Hall–Kier alpha value is -1.07. The van der Waals surface area contributed by atoms with Gasteiger partial charge in [-0.1, -0.05) is 25.1 Å². The van der Waals surface area contributed by atoms with Crippen molar-refractivity contribution in [3.05, 3.63) is 35.4 Å². The van der Waals surface area contributed by atoms with Gasteiger partial charge in [0.2, 0.25) is 0 Å². The molecule has 0 saturated carbocycles. The van der Waals surface area contributed by atoms with Crippen LogP contribution >= 0.6 is 0 Å². The molecular formula is C13H18F3NO. The van der Waals surface area contributed by atoms with Crippen LogP contribution in [-0.2, 0) is 12.7 Å². The van der Waals surface area contributed by atoms with Gasteiger partial charge < -0.3 is 10.4 Å². The monoisotopic (exact) mass is 261 g/mol. The Kier molecular flexibility index (Phi) is 5.62. The first-order valence-corrected chi connectivity index (χ1v) is 5.97. The second kappa shape index (κ2) is 6.75. The van der Waals surface area contributed by atoms with E-state index in [1.54, 1.807) is 6.07 Å². The van der Waals surface area contributed by atoms with E-state index in [4.69, 9.17) is 5.11 Å². The van der Waals surface area contributed by atoms with Gasteiger partial charge in [0.15, 0.2) is 0 Å². The molecule has 0 bridgehead atoms. The molecule has 0 heterocycles. The van der Waals surface area contributed by atoms with Crippen molar-refractivity contribution in [2.75, 3.05) is 6.61 Å². The van der Waals surface area contributed by atoms with E-state index < -0.39 is 11.7 Å². The molecule has 0 radical (unpaired) electrons. The third-order valence-corrected chi connectivity index (χ3v) is 2.82. The smallest absolute Gasteiger partial charge is 0.396 e. The first-order valence-electron chi connectivity index (χ1n) is 5.97. The van der Waals surface area contributed by atoms with Gasteiger partial charge >= 0.3 is 6.18 Å². The van der Waals surface area contributed by atoms with E-state index in [2.05, 4.69) is 5.32 Å². The predicted octanol–water partition coefficient (Wildman–Crippen LogP) is 2.96. The summed E-state index contributed by atoms with van der Waals surface area (Å²) in [5, 5.41) is 12.0. The van der Waals surface area contributed by atoms with Gasteiger partial charge in [-0.05, 0) is 24.5 Å². The fraction of sp³-hybridized carbons (Fsp3) is 0.538. The van der Waals surface area contributed by atoms with Gasteiger partial charge in [0.25, 0.3) is 0 Å². The van der Waals surface area contributed by atoms with Crippen molar-refractivity contribution in [2.24, 2.45) is 0 Å². The third-order valence-electron chi connectivity index (χ3n) is 2.82. The molecule has 102 valence electrons. The minimum atomic E-state index is -4.30. The number of alkyl halides is 3. The summed E-state index contributed by atoms with van der Waals surface area (Å²) in [7, 11) is 0. The molecule has 2 nitrogen and oxygen atoms in total. The maximum Gasteiger partial charge on any atom is 0.416 e. The van der Waals surface area contributed by atoms with Gasteiger partial charge in [-0.15, -0.1) is 0 Å². The lowest BCUT2D eigenvalue weighted by Gasteiger charge is -2.16. The lowest BCUT2D eigenvalue weighted by molar-refractivity contribution is -0.137. The van der Waals surface area contributed by atoms with Gasteiger partial charge in [-0.2, -0.15) is 13.2 Å². The summed E-state index contributed by atoms with van der Waals surface area (Å²) in [4.78, 5) is 0. The SMILES string of the molecule is CCC(CCO)NCc1cccc(C(F)(F)F)c1. The predicted molar refractivity (Wildman–Crippen MR) is 64.1 cm³/mol. The quantitative estimate of drug-likeness (QED) is 0.825. The summed E-state index contributed by atoms with van der Waals surface area (Å²) >= 11 is 0. The first kappa shape index (κ1) is 15.0. The van der Waals surface area contributed by atoms with Crippen molar-refractivity contribution in [2.45, 2.75) is 38.5 Å². The van der Waals surface area contributed by atoms with Crippen molar-refractivity contribution in [3.8, 4) is 0 Å². The molecule has 0 spiro atoms.